The molecule has 206 valence electrons. The largest absolute Gasteiger partial charge is 0.490 e. The minimum Gasteiger partial charge on any atom is -0.490 e. The van der Waals surface area contributed by atoms with Crippen molar-refractivity contribution in [3.63, 3.8) is 0 Å². The fourth-order valence-corrected chi connectivity index (χ4v) is 6.93. The average molecular weight is 595 g/mol. The molecule has 2 amide bonds. The zero-order valence-electron chi connectivity index (χ0n) is 21.7. The van der Waals surface area contributed by atoms with Crippen LogP contribution in [-0.2, 0) is 10.2 Å². The second kappa shape index (κ2) is 12.0. The highest BCUT2D eigenvalue weighted by atomic mass is 35.5. The standard InChI is InChI=1S/C31H29Cl2N3O3S/c32-22-12-10-20(11-13-22)25-26(39-19-16-34)28(40-27(25)23-8-4-5-9-24(23)33)29(37)36-17-14-31(15-18-36,30(35)38)21-6-2-1-3-7-21/h1-13H,14-19,34H2,(H2,35,38). The van der Waals surface area contributed by atoms with Crippen molar-refractivity contribution < 1.29 is 14.3 Å². The van der Waals surface area contributed by atoms with E-state index in [4.69, 9.17) is 39.4 Å². The molecule has 0 bridgehead atoms. The topological polar surface area (TPSA) is 98.7 Å². The Morgan fingerprint density at radius 1 is 0.925 bits per heavy atom. The molecule has 2 heterocycles. The smallest absolute Gasteiger partial charge is 0.267 e. The van der Waals surface area contributed by atoms with E-state index in [2.05, 4.69) is 0 Å². The molecule has 4 N–H and O–H groups in total. The Morgan fingerprint density at radius 3 is 2.20 bits per heavy atom. The number of hydrogen-bond acceptors (Lipinski definition) is 5. The first-order valence-electron chi connectivity index (χ1n) is 13.0. The van der Waals surface area contributed by atoms with Gasteiger partial charge in [-0.3, -0.25) is 9.59 Å². The number of amides is 2. The molecule has 1 aromatic heterocycles. The maximum atomic E-state index is 14.1. The van der Waals surface area contributed by atoms with Crippen LogP contribution in [0, 0.1) is 0 Å². The minimum atomic E-state index is -0.816. The van der Waals surface area contributed by atoms with Gasteiger partial charge in [0.05, 0.1) is 5.41 Å². The molecule has 0 unspecified atom stereocenters. The minimum absolute atomic E-state index is 0.170. The van der Waals surface area contributed by atoms with E-state index >= 15 is 0 Å². The number of carbonyl (C=O) groups excluding carboxylic acids is 2. The maximum Gasteiger partial charge on any atom is 0.267 e. The number of thiophene rings is 1. The molecule has 9 heteroatoms. The summed E-state index contributed by atoms with van der Waals surface area (Å²) in [6.45, 7) is 1.27. The summed E-state index contributed by atoms with van der Waals surface area (Å²) in [4.78, 5) is 29.8. The summed E-state index contributed by atoms with van der Waals surface area (Å²) in [7, 11) is 0. The number of nitrogens with two attached hydrogens (primary N) is 2. The summed E-state index contributed by atoms with van der Waals surface area (Å²) in [6.07, 6.45) is 0.869. The summed E-state index contributed by atoms with van der Waals surface area (Å²) in [5, 5.41) is 1.17. The Kier molecular flexibility index (Phi) is 8.47. The van der Waals surface area contributed by atoms with Gasteiger partial charge in [0.15, 0.2) is 5.75 Å². The number of piperidine rings is 1. The monoisotopic (exact) mass is 593 g/mol. The van der Waals surface area contributed by atoms with Gasteiger partial charge in [-0.25, -0.2) is 0 Å². The van der Waals surface area contributed by atoms with Crippen LogP contribution in [0.3, 0.4) is 0 Å². The van der Waals surface area contributed by atoms with E-state index in [1.165, 1.54) is 11.3 Å². The first kappa shape index (κ1) is 28.2. The van der Waals surface area contributed by atoms with Crippen LogP contribution in [0.5, 0.6) is 5.75 Å². The van der Waals surface area contributed by atoms with Crippen molar-refractivity contribution >= 4 is 46.4 Å². The molecule has 0 atom stereocenters. The predicted octanol–water partition coefficient (Wildman–Crippen LogP) is 6.39. The van der Waals surface area contributed by atoms with Gasteiger partial charge in [-0.1, -0.05) is 83.9 Å². The van der Waals surface area contributed by atoms with Gasteiger partial charge >= 0.3 is 0 Å². The van der Waals surface area contributed by atoms with Crippen molar-refractivity contribution in [2.45, 2.75) is 18.3 Å². The molecule has 6 nitrogen and oxygen atoms in total. The third-order valence-electron chi connectivity index (χ3n) is 7.38. The van der Waals surface area contributed by atoms with Gasteiger partial charge in [0, 0.05) is 45.7 Å². The zero-order chi connectivity index (χ0) is 28.3. The predicted molar refractivity (Wildman–Crippen MR) is 162 cm³/mol. The van der Waals surface area contributed by atoms with E-state index in [-0.39, 0.29) is 25.0 Å². The normalized spacial score (nSPS) is 14.6. The van der Waals surface area contributed by atoms with Gasteiger partial charge in [0.25, 0.3) is 5.91 Å². The zero-order valence-corrected chi connectivity index (χ0v) is 24.1. The quantitative estimate of drug-likeness (QED) is 0.247. The molecule has 40 heavy (non-hydrogen) atoms. The third kappa shape index (κ3) is 5.34. The number of rotatable bonds is 8. The lowest BCUT2D eigenvalue weighted by Gasteiger charge is -2.40. The summed E-state index contributed by atoms with van der Waals surface area (Å²) < 4.78 is 6.19. The fourth-order valence-electron chi connectivity index (χ4n) is 5.24. The number of carbonyl (C=O) groups is 2. The van der Waals surface area contributed by atoms with Crippen LogP contribution in [0.25, 0.3) is 21.6 Å². The van der Waals surface area contributed by atoms with Gasteiger partial charge in [-0.2, -0.15) is 0 Å². The molecule has 0 radical (unpaired) electrons. The van der Waals surface area contributed by atoms with Crippen molar-refractivity contribution in [2.75, 3.05) is 26.2 Å². The molecular formula is C31H29Cl2N3O3S. The van der Waals surface area contributed by atoms with Gasteiger partial charge < -0.3 is 21.1 Å². The first-order chi connectivity index (χ1) is 19.4. The Hall–Kier alpha value is -3.36. The fraction of sp³-hybridized carbons (Fsp3) is 0.226. The highest BCUT2D eigenvalue weighted by Crippen LogP contribution is 2.50. The average Bonchev–Trinajstić information content (AvgIpc) is 3.35. The SMILES string of the molecule is NCCOc1c(C(=O)N2CCC(C(N)=O)(c3ccccc3)CC2)sc(-c2ccccc2Cl)c1-c1ccc(Cl)cc1. The van der Waals surface area contributed by atoms with E-state index in [9.17, 15) is 9.59 Å². The molecule has 1 aliphatic rings. The lowest BCUT2D eigenvalue weighted by atomic mass is 9.72. The van der Waals surface area contributed by atoms with E-state index in [0.717, 1.165) is 27.1 Å². The van der Waals surface area contributed by atoms with E-state index in [0.29, 0.717) is 46.6 Å². The number of nitrogens with zero attached hydrogens (tertiary/aromatic N) is 1. The molecule has 1 fully saturated rings. The van der Waals surface area contributed by atoms with Crippen LogP contribution >= 0.6 is 34.5 Å². The second-order valence-corrected chi connectivity index (χ2v) is 11.6. The lowest BCUT2D eigenvalue weighted by Crippen LogP contribution is -2.51. The maximum absolute atomic E-state index is 14.1. The van der Waals surface area contributed by atoms with Crippen LogP contribution < -0.4 is 16.2 Å². The molecule has 0 aliphatic carbocycles. The number of primary amides is 1. The Labute approximate surface area is 247 Å². The van der Waals surface area contributed by atoms with Crippen LogP contribution in [-0.4, -0.2) is 43.0 Å². The summed E-state index contributed by atoms with van der Waals surface area (Å²) >= 11 is 14.2. The van der Waals surface area contributed by atoms with Crippen molar-refractivity contribution in [3.05, 3.63) is 99.3 Å². The van der Waals surface area contributed by atoms with Crippen molar-refractivity contribution in [3.8, 4) is 27.3 Å². The molecule has 0 spiro atoms. The molecule has 0 saturated carbocycles. The Morgan fingerprint density at radius 2 is 1.57 bits per heavy atom. The van der Waals surface area contributed by atoms with Crippen molar-refractivity contribution in [1.82, 2.24) is 4.90 Å². The molecule has 3 aromatic carbocycles. The molecule has 1 saturated heterocycles. The molecule has 5 rings (SSSR count). The lowest BCUT2D eigenvalue weighted by molar-refractivity contribution is -0.125. The molecule has 1 aliphatic heterocycles. The second-order valence-electron chi connectivity index (χ2n) is 9.69. The van der Waals surface area contributed by atoms with E-state index in [1.54, 1.807) is 17.0 Å². The van der Waals surface area contributed by atoms with Gasteiger partial charge in [0.1, 0.15) is 11.5 Å². The number of likely N-dealkylation sites (tertiary alicyclic amines) is 1. The number of halogens is 2. The Bertz CT molecular complexity index is 1510. The molecular weight excluding hydrogens is 565 g/mol. The van der Waals surface area contributed by atoms with Gasteiger partial charge in [-0.15, -0.1) is 11.3 Å². The number of ether oxygens (including phenoxy) is 1. The highest BCUT2D eigenvalue weighted by molar-refractivity contribution is 7.18. The summed E-state index contributed by atoms with van der Waals surface area (Å²) in [6, 6.07) is 24.5. The van der Waals surface area contributed by atoms with Crippen LogP contribution in [0.4, 0.5) is 0 Å². The van der Waals surface area contributed by atoms with Crippen molar-refractivity contribution in [1.29, 1.82) is 0 Å². The van der Waals surface area contributed by atoms with Crippen molar-refractivity contribution in [2.24, 2.45) is 11.5 Å². The van der Waals surface area contributed by atoms with Crippen LogP contribution in [0.1, 0.15) is 28.1 Å². The first-order valence-corrected chi connectivity index (χ1v) is 14.6. The Balaban J connectivity index is 1.57. The highest BCUT2D eigenvalue weighted by Gasteiger charge is 2.43. The van der Waals surface area contributed by atoms with Crippen LogP contribution in [0.2, 0.25) is 10.0 Å². The number of hydrogen-bond donors (Lipinski definition) is 2. The summed E-state index contributed by atoms with van der Waals surface area (Å²) in [5.41, 5.74) is 14.2. The summed E-state index contributed by atoms with van der Waals surface area (Å²) in [5.74, 6) is -0.0796. The van der Waals surface area contributed by atoms with Gasteiger partial charge in [0.2, 0.25) is 5.91 Å². The molecule has 4 aromatic rings. The van der Waals surface area contributed by atoms with E-state index in [1.807, 2.05) is 66.7 Å². The van der Waals surface area contributed by atoms with E-state index < -0.39 is 5.41 Å². The van der Waals surface area contributed by atoms with Crippen LogP contribution in [0.15, 0.2) is 78.9 Å². The van der Waals surface area contributed by atoms with Gasteiger partial charge in [-0.05, 0) is 42.2 Å². The number of benzene rings is 3. The third-order valence-corrected chi connectivity index (χ3v) is 9.15.